The van der Waals surface area contributed by atoms with Gasteiger partial charge in [-0.15, -0.1) is 0 Å². The first-order chi connectivity index (χ1) is 16.3. The van der Waals surface area contributed by atoms with Gasteiger partial charge in [-0.25, -0.2) is 4.68 Å². The molecule has 0 unspecified atom stereocenters. The number of ether oxygens (including phenoxy) is 1. The highest BCUT2D eigenvalue weighted by atomic mass is 35.5. The van der Waals surface area contributed by atoms with Crippen LogP contribution in [-0.2, 0) is 11.3 Å². The molecule has 4 rings (SSSR count). The minimum absolute atomic E-state index is 0.0287. The maximum Gasteiger partial charge on any atom is 0.254 e. The van der Waals surface area contributed by atoms with Crippen LogP contribution in [0.25, 0.3) is 5.69 Å². The van der Waals surface area contributed by atoms with Crippen molar-refractivity contribution in [3.63, 3.8) is 0 Å². The fourth-order valence-corrected chi connectivity index (χ4v) is 4.63. The number of hydrogen-bond donors (Lipinski definition) is 0. The zero-order valence-electron chi connectivity index (χ0n) is 20.4. The average molecular weight is 481 g/mol. The van der Waals surface area contributed by atoms with Gasteiger partial charge in [0.15, 0.2) is 0 Å². The molecule has 0 spiro atoms. The quantitative estimate of drug-likeness (QED) is 0.425. The SMILES string of the molecule is CC(C)c1nn(-c2ccccc2)c(N(C)C)c1CN(C[C@@H]1CCCO1)C(=O)c1ccc(Cl)cc1. The Morgan fingerprint density at radius 2 is 1.85 bits per heavy atom. The normalized spacial score (nSPS) is 15.6. The molecule has 2 heterocycles. The van der Waals surface area contributed by atoms with E-state index >= 15 is 0 Å². The van der Waals surface area contributed by atoms with Crippen molar-refractivity contribution in [1.29, 1.82) is 0 Å². The second-order valence-electron chi connectivity index (χ2n) is 9.31. The molecule has 34 heavy (non-hydrogen) atoms. The lowest BCUT2D eigenvalue weighted by Crippen LogP contribution is -2.37. The predicted molar refractivity (Wildman–Crippen MR) is 137 cm³/mol. The van der Waals surface area contributed by atoms with Gasteiger partial charge in [0.25, 0.3) is 5.91 Å². The van der Waals surface area contributed by atoms with Crippen LogP contribution in [0.3, 0.4) is 0 Å². The lowest BCUT2D eigenvalue weighted by atomic mass is 10.0. The average Bonchev–Trinajstić information content (AvgIpc) is 3.47. The maximum atomic E-state index is 13.7. The minimum atomic E-state index is -0.0287. The molecule has 1 amide bonds. The topological polar surface area (TPSA) is 50.6 Å². The molecular weight excluding hydrogens is 448 g/mol. The third kappa shape index (κ3) is 5.29. The molecule has 0 N–H and O–H groups in total. The highest BCUT2D eigenvalue weighted by Gasteiger charge is 2.29. The van der Waals surface area contributed by atoms with Crippen LogP contribution < -0.4 is 4.90 Å². The van der Waals surface area contributed by atoms with Gasteiger partial charge in [0.2, 0.25) is 0 Å². The summed E-state index contributed by atoms with van der Waals surface area (Å²) in [6, 6.07) is 17.2. The van der Waals surface area contributed by atoms with Crippen molar-refractivity contribution in [2.75, 3.05) is 32.1 Å². The van der Waals surface area contributed by atoms with E-state index in [2.05, 4.69) is 30.9 Å². The van der Waals surface area contributed by atoms with Crippen LogP contribution in [0.1, 0.15) is 54.2 Å². The van der Waals surface area contributed by atoms with Gasteiger partial charge in [-0.1, -0.05) is 43.6 Å². The number of halogens is 1. The number of aromatic nitrogens is 2. The van der Waals surface area contributed by atoms with Gasteiger partial charge in [0, 0.05) is 43.4 Å². The lowest BCUT2D eigenvalue weighted by Gasteiger charge is -2.27. The number of benzene rings is 2. The molecule has 0 aliphatic carbocycles. The van der Waals surface area contributed by atoms with Crippen molar-refractivity contribution in [1.82, 2.24) is 14.7 Å². The first-order valence-electron chi connectivity index (χ1n) is 11.9. The summed E-state index contributed by atoms with van der Waals surface area (Å²) in [6.07, 6.45) is 2.04. The molecule has 0 radical (unpaired) electrons. The standard InChI is InChI=1S/C27H33ClN4O2/c1-19(2)25-24(26(30(3)4)32(29-25)22-9-6-5-7-10-22)18-31(17-23-11-8-16-34-23)27(33)20-12-14-21(28)15-13-20/h5-7,9-10,12-15,19,23H,8,11,16-18H2,1-4H3/t23-/m0/s1. The van der Waals surface area contributed by atoms with E-state index in [1.54, 1.807) is 24.3 Å². The van der Waals surface area contributed by atoms with Crippen LogP contribution in [0.4, 0.5) is 5.82 Å². The summed E-state index contributed by atoms with van der Waals surface area (Å²) in [5, 5.41) is 5.63. The van der Waals surface area contributed by atoms with E-state index < -0.39 is 0 Å². The molecule has 1 atom stereocenters. The molecule has 2 aromatic carbocycles. The number of rotatable bonds is 8. The summed E-state index contributed by atoms with van der Waals surface area (Å²) in [6.45, 7) is 6.04. The number of carbonyl (C=O) groups is 1. The predicted octanol–water partition coefficient (Wildman–Crippen LogP) is 5.54. The Hall–Kier alpha value is -2.83. The second-order valence-corrected chi connectivity index (χ2v) is 9.75. The van der Waals surface area contributed by atoms with Crippen LogP contribution in [0, 0.1) is 0 Å². The first-order valence-corrected chi connectivity index (χ1v) is 12.2. The third-order valence-corrected chi connectivity index (χ3v) is 6.39. The molecule has 180 valence electrons. The second kappa shape index (κ2) is 10.6. The molecule has 1 aliphatic heterocycles. The van der Waals surface area contributed by atoms with Crippen LogP contribution >= 0.6 is 11.6 Å². The van der Waals surface area contributed by atoms with E-state index in [1.807, 2.05) is 41.9 Å². The van der Waals surface area contributed by atoms with E-state index in [-0.39, 0.29) is 17.9 Å². The van der Waals surface area contributed by atoms with Crippen molar-refractivity contribution in [2.45, 2.75) is 45.3 Å². The molecule has 3 aromatic rings. The Bertz CT molecular complexity index is 1100. The number of hydrogen-bond acceptors (Lipinski definition) is 4. The van der Waals surface area contributed by atoms with Gasteiger partial charge in [-0.2, -0.15) is 5.10 Å². The molecule has 1 aliphatic rings. The first kappa shape index (κ1) is 24.3. The highest BCUT2D eigenvalue weighted by Crippen LogP contribution is 2.32. The lowest BCUT2D eigenvalue weighted by molar-refractivity contribution is 0.0507. The van der Waals surface area contributed by atoms with Gasteiger partial charge in [-0.3, -0.25) is 4.79 Å². The largest absolute Gasteiger partial charge is 0.376 e. The van der Waals surface area contributed by atoms with Crippen molar-refractivity contribution < 1.29 is 9.53 Å². The van der Waals surface area contributed by atoms with E-state index in [9.17, 15) is 4.79 Å². The fraction of sp³-hybridized carbons (Fsp3) is 0.407. The fourth-order valence-electron chi connectivity index (χ4n) is 4.50. The zero-order valence-corrected chi connectivity index (χ0v) is 21.1. The Morgan fingerprint density at radius 3 is 2.44 bits per heavy atom. The van der Waals surface area contributed by atoms with Gasteiger partial charge in [0.05, 0.1) is 24.0 Å². The molecule has 1 saturated heterocycles. The zero-order chi connectivity index (χ0) is 24.2. The third-order valence-electron chi connectivity index (χ3n) is 6.13. The van der Waals surface area contributed by atoms with E-state index in [0.717, 1.165) is 42.2 Å². The molecule has 6 nitrogen and oxygen atoms in total. The molecule has 1 fully saturated rings. The van der Waals surface area contributed by atoms with Crippen LogP contribution in [-0.4, -0.2) is 53.9 Å². The van der Waals surface area contributed by atoms with E-state index in [4.69, 9.17) is 21.4 Å². The van der Waals surface area contributed by atoms with Crippen molar-refractivity contribution in [2.24, 2.45) is 0 Å². The number of carbonyl (C=O) groups excluding carboxylic acids is 1. The Labute approximate surface area is 207 Å². The van der Waals surface area contributed by atoms with Gasteiger partial charge < -0.3 is 14.5 Å². The van der Waals surface area contributed by atoms with Gasteiger partial charge >= 0.3 is 0 Å². The number of anilines is 1. The van der Waals surface area contributed by atoms with Crippen molar-refractivity contribution in [3.8, 4) is 5.69 Å². The summed E-state index contributed by atoms with van der Waals surface area (Å²) < 4.78 is 7.90. The molecule has 1 aromatic heterocycles. The number of amides is 1. The van der Waals surface area contributed by atoms with Gasteiger partial charge in [0.1, 0.15) is 5.82 Å². The van der Waals surface area contributed by atoms with Crippen molar-refractivity contribution >= 4 is 23.3 Å². The molecule has 0 saturated carbocycles. The van der Waals surface area contributed by atoms with Gasteiger partial charge in [-0.05, 0) is 55.2 Å². The van der Waals surface area contributed by atoms with E-state index in [1.165, 1.54) is 0 Å². The smallest absolute Gasteiger partial charge is 0.254 e. The summed E-state index contributed by atoms with van der Waals surface area (Å²) in [7, 11) is 4.05. The summed E-state index contributed by atoms with van der Waals surface area (Å²) >= 11 is 6.07. The molecular formula is C27H33ClN4O2. The summed E-state index contributed by atoms with van der Waals surface area (Å²) in [4.78, 5) is 17.7. The van der Waals surface area contributed by atoms with E-state index in [0.29, 0.717) is 23.7 Å². The molecule has 7 heteroatoms. The summed E-state index contributed by atoms with van der Waals surface area (Å²) in [5.41, 5.74) is 3.67. The monoisotopic (exact) mass is 480 g/mol. The van der Waals surface area contributed by atoms with Crippen LogP contribution in [0.5, 0.6) is 0 Å². The molecule has 0 bridgehead atoms. The van der Waals surface area contributed by atoms with Crippen LogP contribution in [0.15, 0.2) is 54.6 Å². The van der Waals surface area contributed by atoms with Crippen molar-refractivity contribution in [3.05, 3.63) is 76.4 Å². The maximum absolute atomic E-state index is 13.7. The van der Waals surface area contributed by atoms with Crippen LogP contribution in [0.2, 0.25) is 5.02 Å². The Morgan fingerprint density at radius 1 is 1.15 bits per heavy atom. The summed E-state index contributed by atoms with van der Waals surface area (Å²) in [5.74, 6) is 1.16. The highest BCUT2D eigenvalue weighted by molar-refractivity contribution is 6.30. The minimum Gasteiger partial charge on any atom is -0.376 e. The Kier molecular flexibility index (Phi) is 7.59. The number of para-hydroxylation sites is 1. The Balaban J connectivity index is 1.77. The number of nitrogens with zero attached hydrogens (tertiary/aromatic N) is 4.